The van der Waals surface area contributed by atoms with Gasteiger partial charge in [0.15, 0.2) is 5.82 Å². The summed E-state index contributed by atoms with van der Waals surface area (Å²) in [7, 11) is 0. The number of aliphatic hydroxyl groups is 1. The lowest BCUT2D eigenvalue weighted by molar-refractivity contribution is 0.114. The molecule has 5 heteroatoms. The third-order valence-corrected chi connectivity index (χ3v) is 1.64. The first-order chi connectivity index (χ1) is 6.86. The van der Waals surface area contributed by atoms with Crippen LogP contribution in [-0.4, -0.2) is 28.5 Å². The molecule has 0 bridgehead atoms. The third-order valence-electron chi connectivity index (χ3n) is 1.64. The molecule has 0 unspecified atom stereocenters. The summed E-state index contributed by atoms with van der Waals surface area (Å²) >= 11 is 0. The number of hydrogen-bond donors (Lipinski definition) is 1. The van der Waals surface area contributed by atoms with Crippen molar-refractivity contribution in [2.75, 3.05) is 13.2 Å². The Balaban J connectivity index is 2.27. The Morgan fingerprint density at radius 3 is 3.07 bits per heavy atom. The molecule has 1 aromatic rings. The Hall–Kier alpha value is -0.940. The number of ether oxygens (including phenoxy) is 1. The van der Waals surface area contributed by atoms with Crippen LogP contribution in [0.2, 0.25) is 0 Å². The summed E-state index contributed by atoms with van der Waals surface area (Å²) in [5, 5.41) is 12.3. The van der Waals surface area contributed by atoms with Gasteiger partial charge < -0.3 is 14.4 Å². The zero-order chi connectivity index (χ0) is 10.2. The summed E-state index contributed by atoms with van der Waals surface area (Å²) in [6.07, 6.45) is 2.25. The van der Waals surface area contributed by atoms with Crippen LogP contribution in [0.5, 0.6) is 0 Å². The fourth-order valence-electron chi connectivity index (χ4n) is 0.988. The van der Waals surface area contributed by atoms with E-state index in [-0.39, 0.29) is 6.61 Å². The molecule has 0 aliphatic rings. The molecule has 0 amide bonds. The molecule has 0 atom stereocenters. The molecule has 1 rings (SSSR count). The lowest BCUT2D eigenvalue weighted by atomic mass is 10.3. The van der Waals surface area contributed by atoms with E-state index in [0.29, 0.717) is 37.8 Å². The first-order valence-electron chi connectivity index (χ1n) is 4.87. The van der Waals surface area contributed by atoms with Gasteiger partial charge in [-0.3, -0.25) is 0 Å². The van der Waals surface area contributed by atoms with Crippen LogP contribution in [-0.2, 0) is 17.8 Å². The first-order valence-corrected chi connectivity index (χ1v) is 4.87. The predicted octanol–water partition coefficient (Wildman–Crippen LogP) is 0.921. The van der Waals surface area contributed by atoms with Crippen LogP contribution in [0.3, 0.4) is 0 Å². The highest BCUT2D eigenvalue weighted by atomic mass is 16.5. The van der Waals surface area contributed by atoms with Crippen molar-refractivity contribution in [3.63, 3.8) is 0 Å². The van der Waals surface area contributed by atoms with Crippen LogP contribution in [0.1, 0.15) is 31.5 Å². The van der Waals surface area contributed by atoms with E-state index in [4.69, 9.17) is 14.4 Å². The predicted molar refractivity (Wildman–Crippen MR) is 49.7 cm³/mol. The van der Waals surface area contributed by atoms with Crippen molar-refractivity contribution in [1.29, 1.82) is 0 Å². The van der Waals surface area contributed by atoms with Gasteiger partial charge in [-0.25, -0.2) is 0 Å². The molecule has 0 aliphatic heterocycles. The standard InChI is InChI=1S/C9H16N2O3/c1-2-6-13-7-8-10-9(14-11-8)4-3-5-12/h12H,2-7H2,1H3. The van der Waals surface area contributed by atoms with E-state index < -0.39 is 0 Å². The van der Waals surface area contributed by atoms with Crippen LogP contribution in [0.15, 0.2) is 4.52 Å². The van der Waals surface area contributed by atoms with Gasteiger partial charge in [-0.05, 0) is 12.8 Å². The van der Waals surface area contributed by atoms with E-state index in [1.54, 1.807) is 0 Å². The van der Waals surface area contributed by atoms with Crippen LogP contribution in [0.25, 0.3) is 0 Å². The molecular weight excluding hydrogens is 184 g/mol. The molecule has 80 valence electrons. The molecule has 1 N–H and O–H groups in total. The van der Waals surface area contributed by atoms with Crippen molar-refractivity contribution in [2.45, 2.75) is 32.8 Å². The molecule has 1 aromatic heterocycles. The van der Waals surface area contributed by atoms with E-state index in [1.807, 2.05) is 6.92 Å². The molecule has 14 heavy (non-hydrogen) atoms. The summed E-state index contributed by atoms with van der Waals surface area (Å²) in [4.78, 5) is 4.11. The van der Waals surface area contributed by atoms with Gasteiger partial charge in [-0.2, -0.15) is 4.98 Å². The average Bonchev–Trinajstić information content (AvgIpc) is 2.63. The number of aliphatic hydroxyl groups excluding tert-OH is 1. The lowest BCUT2D eigenvalue weighted by Gasteiger charge is -1.95. The zero-order valence-corrected chi connectivity index (χ0v) is 8.40. The Bertz CT molecular complexity index is 250. The Kier molecular flexibility index (Phi) is 5.17. The number of nitrogens with zero attached hydrogens (tertiary/aromatic N) is 2. The topological polar surface area (TPSA) is 68.4 Å². The minimum atomic E-state index is 0.143. The minimum absolute atomic E-state index is 0.143. The fraction of sp³-hybridized carbons (Fsp3) is 0.778. The normalized spacial score (nSPS) is 10.7. The van der Waals surface area contributed by atoms with Crippen LogP contribution >= 0.6 is 0 Å². The number of aromatic nitrogens is 2. The molecule has 0 spiro atoms. The third kappa shape index (κ3) is 3.85. The minimum Gasteiger partial charge on any atom is -0.396 e. The second-order valence-electron chi connectivity index (χ2n) is 2.98. The second-order valence-corrected chi connectivity index (χ2v) is 2.98. The van der Waals surface area contributed by atoms with Gasteiger partial charge in [-0.15, -0.1) is 0 Å². The summed E-state index contributed by atoms with van der Waals surface area (Å²) in [6.45, 7) is 3.30. The zero-order valence-electron chi connectivity index (χ0n) is 8.40. The van der Waals surface area contributed by atoms with Gasteiger partial charge in [0.05, 0.1) is 0 Å². The molecule has 0 aromatic carbocycles. The largest absolute Gasteiger partial charge is 0.396 e. The molecule has 0 saturated heterocycles. The maximum Gasteiger partial charge on any atom is 0.226 e. The van der Waals surface area contributed by atoms with Gasteiger partial charge in [-0.1, -0.05) is 12.1 Å². The van der Waals surface area contributed by atoms with Gasteiger partial charge >= 0.3 is 0 Å². The lowest BCUT2D eigenvalue weighted by Crippen LogP contribution is -1.96. The van der Waals surface area contributed by atoms with E-state index >= 15 is 0 Å². The van der Waals surface area contributed by atoms with Crippen molar-refractivity contribution in [3.8, 4) is 0 Å². The maximum absolute atomic E-state index is 8.59. The monoisotopic (exact) mass is 200 g/mol. The van der Waals surface area contributed by atoms with Gasteiger partial charge in [0, 0.05) is 19.6 Å². The van der Waals surface area contributed by atoms with E-state index in [1.165, 1.54) is 0 Å². The summed E-state index contributed by atoms with van der Waals surface area (Å²) < 4.78 is 10.2. The molecule has 0 saturated carbocycles. The summed E-state index contributed by atoms with van der Waals surface area (Å²) in [5.74, 6) is 1.14. The SMILES string of the molecule is CCCOCc1noc(CCCO)n1. The van der Waals surface area contributed by atoms with Crippen molar-refractivity contribution in [1.82, 2.24) is 10.1 Å². The van der Waals surface area contributed by atoms with Gasteiger partial charge in [0.1, 0.15) is 6.61 Å². The van der Waals surface area contributed by atoms with E-state index in [2.05, 4.69) is 10.1 Å². The van der Waals surface area contributed by atoms with Gasteiger partial charge in [0.25, 0.3) is 0 Å². The van der Waals surface area contributed by atoms with Crippen LogP contribution in [0, 0.1) is 0 Å². The summed E-state index contributed by atoms with van der Waals surface area (Å²) in [5.41, 5.74) is 0. The van der Waals surface area contributed by atoms with E-state index in [9.17, 15) is 0 Å². The fourth-order valence-corrected chi connectivity index (χ4v) is 0.988. The number of rotatable bonds is 7. The highest BCUT2D eigenvalue weighted by Crippen LogP contribution is 2.01. The smallest absolute Gasteiger partial charge is 0.226 e. The summed E-state index contributed by atoms with van der Waals surface area (Å²) in [6, 6.07) is 0. The molecule has 0 radical (unpaired) electrons. The maximum atomic E-state index is 8.59. The molecule has 0 fully saturated rings. The average molecular weight is 200 g/mol. The highest BCUT2D eigenvalue weighted by molar-refractivity contribution is 4.84. The molecule has 1 heterocycles. The van der Waals surface area contributed by atoms with E-state index in [0.717, 1.165) is 6.42 Å². The van der Waals surface area contributed by atoms with Crippen LogP contribution < -0.4 is 0 Å². The number of hydrogen-bond acceptors (Lipinski definition) is 5. The van der Waals surface area contributed by atoms with Gasteiger partial charge in [0.2, 0.25) is 5.89 Å². The highest BCUT2D eigenvalue weighted by Gasteiger charge is 2.05. The second kappa shape index (κ2) is 6.50. The molecule has 0 aliphatic carbocycles. The van der Waals surface area contributed by atoms with Crippen molar-refractivity contribution >= 4 is 0 Å². The van der Waals surface area contributed by atoms with Crippen molar-refractivity contribution < 1.29 is 14.4 Å². The first kappa shape index (κ1) is 11.1. The molecular formula is C9H16N2O3. The number of aryl methyl sites for hydroxylation is 1. The molecule has 5 nitrogen and oxygen atoms in total. The Morgan fingerprint density at radius 1 is 1.50 bits per heavy atom. The quantitative estimate of drug-likeness (QED) is 0.663. The van der Waals surface area contributed by atoms with Crippen molar-refractivity contribution in [2.24, 2.45) is 0 Å². The van der Waals surface area contributed by atoms with Crippen molar-refractivity contribution in [3.05, 3.63) is 11.7 Å². The Labute approximate surface area is 83.1 Å². The Morgan fingerprint density at radius 2 is 2.36 bits per heavy atom. The van der Waals surface area contributed by atoms with Crippen LogP contribution in [0.4, 0.5) is 0 Å².